The van der Waals surface area contributed by atoms with Crippen molar-refractivity contribution in [2.75, 3.05) is 26.2 Å². The maximum absolute atomic E-state index is 13.8. The highest BCUT2D eigenvalue weighted by Crippen LogP contribution is 2.22. The van der Waals surface area contributed by atoms with Crippen molar-refractivity contribution in [3.05, 3.63) is 0 Å². The van der Waals surface area contributed by atoms with Crippen molar-refractivity contribution in [1.82, 2.24) is 8.61 Å². The van der Waals surface area contributed by atoms with E-state index in [2.05, 4.69) is 24.3 Å². The molecule has 0 aromatic carbocycles. The Morgan fingerprint density at radius 3 is 0.857 bits per heavy atom. The summed E-state index contributed by atoms with van der Waals surface area (Å²) in [6, 6.07) is 8.45. The lowest BCUT2D eigenvalue weighted by molar-refractivity contribution is 0.372. The van der Waals surface area contributed by atoms with E-state index < -0.39 is 24.6 Å². The molecule has 238 valence electrons. The van der Waals surface area contributed by atoms with Gasteiger partial charge in [0.2, 0.25) is 20.0 Å². The van der Waals surface area contributed by atoms with Gasteiger partial charge in [0.1, 0.15) is 0 Å². The van der Waals surface area contributed by atoms with Crippen LogP contribution >= 0.6 is 0 Å². The van der Waals surface area contributed by atoms with Gasteiger partial charge in [-0.15, -0.1) is 0 Å². The van der Waals surface area contributed by atoms with Crippen LogP contribution in [-0.2, 0) is 20.0 Å². The zero-order chi connectivity index (χ0) is 31.5. The lowest BCUT2D eigenvalue weighted by atomic mass is 10.1. The first-order chi connectivity index (χ1) is 20.2. The van der Waals surface area contributed by atoms with Crippen molar-refractivity contribution >= 4 is 20.0 Å². The van der Waals surface area contributed by atoms with Crippen molar-refractivity contribution in [3.8, 4) is 24.3 Å². The van der Waals surface area contributed by atoms with E-state index in [0.717, 1.165) is 77.0 Å². The molecule has 0 spiro atoms. The Bertz CT molecular complexity index is 947. The Hall–Kier alpha value is -2.22. The van der Waals surface area contributed by atoms with Crippen molar-refractivity contribution in [3.63, 3.8) is 0 Å². The van der Waals surface area contributed by atoms with Crippen molar-refractivity contribution in [2.45, 2.75) is 140 Å². The number of nitriles is 4. The number of unbranched alkanes of at least 4 members (excludes halogenated alkanes) is 16. The summed E-state index contributed by atoms with van der Waals surface area (Å²) in [5.74, 6) is 0. The van der Waals surface area contributed by atoms with E-state index in [0.29, 0.717) is 51.4 Å². The molecule has 0 aliphatic heterocycles. The van der Waals surface area contributed by atoms with Crippen molar-refractivity contribution < 1.29 is 16.8 Å². The maximum Gasteiger partial charge on any atom is 0.232 e. The number of hydrogen-bond acceptors (Lipinski definition) is 8. The van der Waals surface area contributed by atoms with Gasteiger partial charge in [0, 0.05) is 51.9 Å². The summed E-state index contributed by atoms with van der Waals surface area (Å²) < 4.78 is 56.2. The molecular weight excluding hydrogens is 573 g/mol. The van der Waals surface area contributed by atoms with E-state index in [4.69, 9.17) is 21.0 Å². The summed E-state index contributed by atoms with van der Waals surface area (Å²) in [5.41, 5.74) is 0. The normalized spacial score (nSPS) is 11.8. The summed E-state index contributed by atoms with van der Waals surface area (Å²) in [7, 11) is -8.31. The summed E-state index contributed by atoms with van der Waals surface area (Å²) in [6.45, 7) is 2.25. The number of hydrogen-bond donors (Lipinski definition) is 0. The van der Waals surface area contributed by atoms with E-state index in [1.165, 1.54) is 15.5 Å². The fourth-order valence-corrected chi connectivity index (χ4v) is 9.02. The highest BCUT2D eigenvalue weighted by Gasteiger charge is 2.40. The van der Waals surface area contributed by atoms with Crippen LogP contribution in [0.1, 0.15) is 135 Å². The lowest BCUT2D eigenvalue weighted by Crippen LogP contribution is -2.48. The van der Waals surface area contributed by atoms with Crippen LogP contribution in [0.5, 0.6) is 0 Å². The van der Waals surface area contributed by atoms with Crippen LogP contribution in [0.25, 0.3) is 0 Å². The first-order valence-corrected chi connectivity index (χ1v) is 18.7. The third-order valence-corrected chi connectivity index (χ3v) is 12.6. The molecular formula is C30H52N6O4S2. The van der Waals surface area contributed by atoms with Gasteiger partial charge >= 0.3 is 0 Å². The van der Waals surface area contributed by atoms with Crippen molar-refractivity contribution in [2.24, 2.45) is 0 Å². The molecule has 42 heavy (non-hydrogen) atoms. The third kappa shape index (κ3) is 17.7. The van der Waals surface area contributed by atoms with Crippen LogP contribution in [0.3, 0.4) is 0 Å². The molecule has 0 rings (SSSR count). The van der Waals surface area contributed by atoms with Gasteiger partial charge in [0.25, 0.3) is 0 Å². The summed E-state index contributed by atoms with van der Waals surface area (Å²) in [5, 5.41) is 35.0. The summed E-state index contributed by atoms with van der Waals surface area (Å²) in [4.78, 5) is 0. The first kappa shape index (κ1) is 39.8. The Labute approximate surface area is 256 Å². The second kappa shape index (κ2) is 25.3. The Kier molecular flexibility index (Phi) is 24.0. The molecule has 0 aliphatic rings. The number of sulfonamides is 2. The SMILES string of the molecule is CC(S(=O)(=O)N(CCCCCCC#N)CCCCCCC#N)S(=O)(=O)N(CCCCCCC#N)CCCCCCC#N. The van der Waals surface area contributed by atoms with Crippen molar-refractivity contribution in [1.29, 1.82) is 21.0 Å². The second-order valence-electron chi connectivity index (χ2n) is 10.7. The van der Waals surface area contributed by atoms with Crippen LogP contribution in [0.15, 0.2) is 0 Å². The molecule has 0 unspecified atom stereocenters. The fraction of sp³-hybridized carbons (Fsp3) is 0.867. The molecule has 0 aliphatic carbocycles. The van der Waals surface area contributed by atoms with Gasteiger partial charge in [0.15, 0.2) is 4.58 Å². The molecule has 0 aromatic rings. The molecule has 0 radical (unpaired) electrons. The summed E-state index contributed by atoms with van der Waals surface area (Å²) >= 11 is 0. The minimum Gasteiger partial charge on any atom is -0.211 e. The largest absolute Gasteiger partial charge is 0.232 e. The Morgan fingerprint density at radius 2 is 0.643 bits per heavy atom. The monoisotopic (exact) mass is 624 g/mol. The molecule has 0 fully saturated rings. The van der Waals surface area contributed by atoms with E-state index >= 15 is 0 Å². The molecule has 0 atom stereocenters. The van der Waals surface area contributed by atoms with Crippen LogP contribution in [-0.4, -0.2) is 56.2 Å². The molecule has 0 bridgehead atoms. The number of nitrogens with zero attached hydrogens (tertiary/aromatic N) is 6. The van der Waals surface area contributed by atoms with Gasteiger partial charge in [-0.1, -0.05) is 51.4 Å². The highest BCUT2D eigenvalue weighted by molar-refractivity contribution is 8.06. The molecule has 10 nitrogen and oxygen atoms in total. The quantitative estimate of drug-likeness (QED) is 0.0889. The first-order valence-electron chi connectivity index (χ1n) is 15.7. The second-order valence-corrected chi connectivity index (χ2v) is 15.6. The van der Waals surface area contributed by atoms with E-state index in [-0.39, 0.29) is 26.2 Å². The number of rotatable bonds is 28. The van der Waals surface area contributed by atoms with Crippen LogP contribution in [0.2, 0.25) is 0 Å². The van der Waals surface area contributed by atoms with Gasteiger partial charge in [-0.25, -0.2) is 25.4 Å². The van der Waals surface area contributed by atoms with Gasteiger partial charge in [-0.3, -0.25) is 0 Å². The van der Waals surface area contributed by atoms with Gasteiger partial charge in [-0.05, 0) is 58.3 Å². The average Bonchev–Trinajstić information content (AvgIpc) is 2.97. The average molecular weight is 625 g/mol. The minimum atomic E-state index is -4.16. The molecule has 0 N–H and O–H groups in total. The lowest BCUT2D eigenvalue weighted by Gasteiger charge is -2.30. The predicted octanol–water partition coefficient (Wildman–Crippen LogP) is 6.49. The summed E-state index contributed by atoms with van der Waals surface area (Å²) in [6.07, 6.45) is 13.6. The predicted molar refractivity (Wildman–Crippen MR) is 165 cm³/mol. The molecule has 0 heterocycles. The van der Waals surface area contributed by atoms with Crippen LogP contribution < -0.4 is 0 Å². The fourth-order valence-electron chi connectivity index (χ4n) is 4.69. The zero-order valence-corrected chi connectivity index (χ0v) is 27.3. The van der Waals surface area contributed by atoms with Gasteiger partial charge in [0.05, 0.1) is 24.3 Å². The van der Waals surface area contributed by atoms with Crippen LogP contribution in [0, 0.1) is 45.3 Å². The molecule has 12 heteroatoms. The molecule has 0 saturated heterocycles. The standard InChI is InChI=1S/C30H52N6O4S2/c1-30(41(37,38)35(26-18-10-2-6-14-22-31)27-19-11-3-7-15-23-32)42(39,40)36(28-20-12-4-8-16-24-33)29-21-13-5-9-17-25-34/h30H,2-21,26-29H2,1H3. The Balaban J connectivity index is 5.57. The maximum atomic E-state index is 13.8. The molecule has 0 amide bonds. The van der Waals surface area contributed by atoms with E-state index in [9.17, 15) is 16.8 Å². The minimum absolute atomic E-state index is 0.241. The van der Waals surface area contributed by atoms with Crippen LogP contribution in [0.4, 0.5) is 0 Å². The Morgan fingerprint density at radius 1 is 0.429 bits per heavy atom. The molecule has 0 saturated carbocycles. The topological polar surface area (TPSA) is 170 Å². The van der Waals surface area contributed by atoms with E-state index in [1.807, 2.05) is 0 Å². The van der Waals surface area contributed by atoms with Gasteiger partial charge in [-0.2, -0.15) is 21.0 Å². The highest BCUT2D eigenvalue weighted by atomic mass is 32.3. The smallest absolute Gasteiger partial charge is 0.211 e. The molecule has 0 aromatic heterocycles. The van der Waals surface area contributed by atoms with E-state index in [1.54, 1.807) is 0 Å². The zero-order valence-electron chi connectivity index (χ0n) is 25.7. The third-order valence-electron chi connectivity index (χ3n) is 7.34. The van der Waals surface area contributed by atoms with Gasteiger partial charge < -0.3 is 0 Å².